The molecule has 0 saturated carbocycles. The molecular weight excluding hydrogens is 304 g/mol. The monoisotopic (exact) mass is 330 g/mol. The van der Waals surface area contributed by atoms with Crippen molar-refractivity contribution in [3.63, 3.8) is 0 Å². The first-order valence-corrected chi connectivity index (χ1v) is 8.72. The minimum atomic E-state index is 0.0871. The van der Waals surface area contributed by atoms with E-state index in [0.29, 0.717) is 19.4 Å². The standard InChI is InChI=1S/C19H26N2O3/c1-14-3-4-16(11-15(14)2)24-10-5-18(23)21-8-6-19(7-9-21)12-17(22)20-13-19/h3-4,11H,5-10,12-13H2,1-2H3,(H,20,22). The van der Waals surface area contributed by atoms with Gasteiger partial charge in [-0.15, -0.1) is 0 Å². The summed E-state index contributed by atoms with van der Waals surface area (Å²) in [7, 11) is 0. The Balaban J connectivity index is 1.43. The van der Waals surface area contributed by atoms with Crippen LogP contribution in [0.25, 0.3) is 0 Å². The molecule has 2 fully saturated rings. The molecule has 3 rings (SSSR count). The zero-order valence-corrected chi connectivity index (χ0v) is 14.6. The van der Waals surface area contributed by atoms with Crippen LogP contribution in [0.5, 0.6) is 5.75 Å². The number of carbonyl (C=O) groups is 2. The zero-order chi connectivity index (χ0) is 17.2. The SMILES string of the molecule is Cc1ccc(OCCC(=O)N2CCC3(CC2)CNC(=O)C3)cc1C. The fraction of sp³-hybridized carbons (Fsp3) is 0.579. The highest BCUT2D eigenvalue weighted by atomic mass is 16.5. The Kier molecular flexibility index (Phi) is 4.78. The summed E-state index contributed by atoms with van der Waals surface area (Å²) in [5.74, 6) is 1.11. The summed E-state index contributed by atoms with van der Waals surface area (Å²) in [6.07, 6.45) is 2.84. The number of nitrogens with zero attached hydrogens (tertiary/aromatic N) is 1. The Hall–Kier alpha value is -2.04. The molecule has 1 spiro atoms. The predicted octanol–water partition coefficient (Wildman–Crippen LogP) is 2.20. The van der Waals surface area contributed by atoms with E-state index in [1.807, 2.05) is 23.1 Å². The smallest absolute Gasteiger partial charge is 0.225 e. The van der Waals surface area contributed by atoms with Gasteiger partial charge in [0.25, 0.3) is 0 Å². The van der Waals surface area contributed by atoms with Gasteiger partial charge in [0.2, 0.25) is 11.8 Å². The molecule has 2 heterocycles. The molecule has 5 nitrogen and oxygen atoms in total. The highest BCUT2D eigenvalue weighted by molar-refractivity contribution is 5.79. The number of ether oxygens (including phenoxy) is 1. The van der Waals surface area contributed by atoms with Crippen molar-refractivity contribution in [2.75, 3.05) is 26.2 Å². The second kappa shape index (κ2) is 6.83. The molecule has 5 heteroatoms. The number of hydrogen-bond donors (Lipinski definition) is 1. The third kappa shape index (κ3) is 3.71. The summed E-state index contributed by atoms with van der Waals surface area (Å²) in [5.41, 5.74) is 2.52. The number of benzene rings is 1. The average Bonchev–Trinajstić information content (AvgIpc) is 2.92. The summed E-state index contributed by atoms with van der Waals surface area (Å²) in [6.45, 7) is 6.79. The van der Waals surface area contributed by atoms with Crippen molar-refractivity contribution in [2.45, 2.75) is 39.5 Å². The molecular formula is C19H26N2O3. The Bertz CT molecular complexity index is 633. The molecule has 0 aliphatic carbocycles. The Morgan fingerprint density at radius 2 is 2.00 bits per heavy atom. The lowest BCUT2D eigenvalue weighted by molar-refractivity contribution is -0.133. The Morgan fingerprint density at radius 3 is 2.62 bits per heavy atom. The second-order valence-electron chi connectivity index (χ2n) is 7.18. The maximum Gasteiger partial charge on any atom is 0.225 e. The van der Waals surface area contributed by atoms with E-state index in [9.17, 15) is 9.59 Å². The molecule has 2 aliphatic heterocycles. The van der Waals surface area contributed by atoms with Crippen LogP contribution in [-0.2, 0) is 9.59 Å². The van der Waals surface area contributed by atoms with E-state index in [1.54, 1.807) is 0 Å². The highest BCUT2D eigenvalue weighted by Crippen LogP contribution is 2.37. The van der Waals surface area contributed by atoms with Gasteiger partial charge >= 0.3 is 0 Å². The molecule has 0 aromatic heterocycles. The lowest BCUT2D eigenvalue weighted by atomic mass is 9.77. The molecule has 130 valence electrons. The summed E-state index contributed by atoms with van der Waals surface area (Å²) in [5, 5.41) is 2.92. The van der Waals surface area contributed by atoms with Crippen LogP contribution >= 0.6 is 0 Å². The van der Waals surface area contributed by atoms with Crippen LogP contribution in [0.15, 0.2) is 18.2 Å². The van der Waals surface area contributed by atoms with Crippen LogP contribution in [0, 0.1) is 19.3 Å². The van der Waals surface area contributed by atoms with Crippen LogP contribution in [0.4, 0.5) is 0 Å². The summed E-state index contributed by atoms with van der Waals surface area (Å²) < 4.78 is 5.71. The van der Waals surface area contributed by atoms with Gasteiger partial charge in [-0.2, -0.15) is 0 Å². The van der Waals surface area contributed by atoms with Crippen molar-refractivity contribution in [1.82, 2.24) is 10.2 Å². The molecule has 24 heavy (non-hydrogen) atoms. The van der Waals surface area contributed by atoms with Crippen molar-refractivity contribution in [3.8, 4) is 5.75 Å². The molecule has 0 unspecified atom stereocenters. The van der Waals surface area contributed by atoms with Gasteiger partial charge in [0.05, 0.1) is 13.0 Å². The van der Waals surface area contributed by atoms with E-state index in [0.717, 1.165) is 38.2 Å². The second-order valence-corrected chi connectivity index (χ2v) is 7.18. The first-order valence-electron chi connectivity index (χ1n) is 8.72. The number of hydrogen-bond acceptors (Lipinski definition) is 3. The number of rotatable bonds is 4. The number of likely N-dealkylation sites (tertiary alicyclic amines) is 1. The van der Waals surface area contributed by atoms with Gasteiger partial charge < -0.3 is 15.0 Å². The predicted molar refractivity (Wildman–Crippen MR) is 91.9 cm³/mol. The number of amides is 2. The quantitative estimate of drug-likeness (QED) is 0.921. The minimum Gasteiger partial charge on any atom is -0.493 e. The third-order valence-electron chi connectivity index (χ3n) is 5.44. The fourth-order valence-corrected chi connectivity index (χ4v) is 3.55. The van der Waals surface area contributed by atoms with Gasteiger partial charge in [-0.3, -0.25) is 9.59 Å². The van der Waals surface area contributed by atoms with Crippen molar-refractivity contribution in [1.29, 1.82) is 0 Å². The lowest BCUT2D eigenvalue weighted by Crippen LogP contribution is -2.44. The van der Waals surface area contributed by atoms with E-state index >= 15 is 0 Å². The Labute approximate surface area is 143 Å². The van der Waals surface area contributed by atoms with E-state index in [1.165, 1.54) is 11.1 Å². The van der Waals surface area contributed by atoms with Gasteiger partial charge in [-0.1, -0.05) is 6.07 Å². The van der Waals surface area contributed by atoms with E-state index in [4.69, 9.17) is 4.74 Å². The van der Waals surface area contributed by atoms with Crippen molar-refractivity contribution in [2.24, 2.45) is 5.41 Å². The first-order chi connectivity index (χ1) is 11.5. The number of piperidine rings is 1. The van der Waals surface area contributed by atoms with Crippen molar-refractivity contribution >= 4 is 11.8 Å². The third-order valence-corrected chi connectivity index (χ3v) is 5.44. The maximum atomic E-state index is 12.3. The average molecular weight is 330 g/mol. The molecule has 2 saturated heterocycles. The van der Waals surface area contributed by atoms with Gasteiger partial charge in [0.1, 0.15) is 5.75 Å². The van der Waals surface area contributed by atoms with Gasteiger partial charge in [0, 0.05) is 26.1 Å². The van der Waals surface area contributed by atoms with Crippen molar-refractivity contribution in [3.05, 3.63) is 29.3 Å². The summed E-state index contributed by atoms with van der Waals surface area (Å²) in [4.78, 5) is 25.7. The van der Waals surface area contributed by atoms with Crippen LogP contribution in [0.2, 0.25) is 0 Å². The van der Waals surface area contributed by atoms with Gasteiger partial charge in [0.15, 0.2) is 0 Å². The maximum absolute atomic E-state index is 12.3. The molecule has 1 N–H and O–H groups in total. The van der Waals surface area contributed by atoms with E-state index in [-0.39, 0.29) is 17.2 Å². The molecule has 0 radical (unpaired) electrons. The molecule has 2 aliphatic rings. The van der Waals surface area contributed by atoms with Crippen LogP contribution in [0.1, 0.15) is 36.8 Å². The van der Waals surface area contributed by atoms with Crippen LogP contribution in [-0.4, -0.2) is 43.0 Å². The molecule has 0 bridgehead atoms. The van der Waals surface area contributed by atoms with Crippen LogP contribution < -0.4 is 10.1 Å². The molecule has 2 amide bonds. The van der Waals surface area contributed by atoms with E-state index in [2.05, 4.69) is 19.2 Å². The number of carbonyl (C=O) groups excluding carboxylic acids is 2. The lowest BCUT2D eigenvalue weighted by Gasteiger charge is -2.38. The highest BCUT2D eigenvalue weighted by Gasteiger charge is 2.41. The summed E-state index contributed by atoms with van der Waals surface area (Å²) >= 11 is 0. The minimum absolute atomic E-state index is 0.0871. The normalized spacial score (nSPS) is 19.4. The van der Waals surface area contributed by atoms with E-state index < -0.39 is 0 Å². The number of nitrogens with one attached hydrogen (secondary N) is 1. The molecule has 0 atom stereocenters. The summed E-state index contributed by atoms with van der Waals surface area (Å²) in [6, 6.07) is 5.99. The molecule has 1 aromatic carbocycles. The van der Waals surface area contributed by atoms with Gasteiger partial charge in [-0.25, -0.2) is 0 Å². The van der Waals surface area contributed by atoms with Gasteiger partial charge in [-0.05, 0) is 55.4 Å². The zero-order valence-electron chi connectivity index (χ0n) is 14.6. The van der Waals surface area contributed by atoms with Crippen molar-refractivity contribution < 1.29 is 14.3 Å². The Morgan fingerprint density at radius 1 is 1.25 bits per heavy atom. The fourth-order valence-electron chi connectivity index (χ4n) is 3.55. The first kappa shape index (κ1) is 16.8. The largest absolute Gasteiger partial charge is 0.493 e. The topological polar surface area (TPSA) is 58.6 Å². The number of aryl methyl sites for hydroxylation is 2. The van der Waals surface area contributed by atoms with Crippen LogP contribution in [0.3, 0.4) is 0 Å². The molecule has 1 aromatic rings.